The molecule has 0 aliphatic carbocycles. The molecule has 0 radical (unpaired) electrons. The van der Waals surface area contributed by atoms with E-state index in [-0.39, 0.29) is 6.04 Å². The Balaban J connectivity index is 1.74. The van der Waals surface area contributed by atoms with Crippen molar-refractivity contribution in [2.45, 2.75) is 50.7 Å². The van der Waals surface area contributed by atoms with Crippen molar-refractivity contribution < 1.29 is 0 Å². The highest BCUT2D eigenvalue weighted by molar-refractivity contribution is 7.07. The molecule has 0 spiro atoms. The molecule has 3 heterocycles. The summed E-state index contributed by atoms with van der Waals surface area (Å²) in [5, 5.41) is 4.47. The topological polar surface area (TPSA) is 32.5 Å². The number of piperidine rings is 1. The summed E-state index contributed by atoms with van der Waals surface area (Å²) in [4.78, 5) is 5.35. The summed E-state index contributed by atoms with van der Waals surface area (Å²) in [5.74, 6) is 0. The second-order valence-electron chi connectivity index (χ2n) is 6.25. The summed E-state index contributed by atoms with van der Waals surface area (Å²) < 4.78 is 0. The Morgan fingerprint density at radius 2 is 2.25 bits per heavy atom. The number of fused-ring (bicyclic) bond motifs is 1. The van der Waals surface area contributed by atoms with Crippen molar-refractivity contribution in [1.82, 2.24) is 9.80 Å². The number of hydrogen-bond acceptors (Lipinski definition) is 4. The van der Waals surface area contributed by atoms with E-state index in [1.807, 2.05) is 0 Å². The maximum Gasteiger partial charge on any atom is 0.0508 e. The van der Waals surface area contributed by atoms with Gasteiger partial charge in [-0.3, -0.25) is 9.80 Å². The maximum absolute atomic E-state index is 6.46. The Morgan fingerprint density at radius 3 is 3.00 bits per heavy atom. The van der Waals surface area contributed by atoms with Gasteiger partial charge < -0.3 is 5.73 Å². The van der Waals surface area contributed by atoms with Crippen LogP contribution < -0.4 is 5.73 Å². The van der Waals surface area contributed by atoms with E-state index in [2.05, 4.69) is 33.6 Å². The molecule has 2 fully saturated rings. The van der Waals surface area contributed by atoms with Crippen LogP contribution in [0.2, 0.25) is 0 Å². The van der Waals surface area contributed by atoms with Crippen molar-refractivity contribution in [3.05, 3.63) is 22.4 Å². The third-order valence-electron chi connectivity index (χ3n) is 5.02. The molecular formula is C16H27N3S. The van der Waals surface area contributed by atoms with E-state index >= 15 is 0 Å². The molecule has 2 N–H and O–H groups in total. The highest BCUT2D eigenvalue weighted by atomic mass is 32.1. The van der Waals surface area contributed by atoms with E-state index in [1.54, 1.807) is 11.3 Å². The third-order valence-corrected chi connectivity index (χ3v) is 5.73. The first-order chi connectivity index (χ1) is 9.79. The summed E-state index contributed by atoms with van der Waals surface area (Å²) in [6.45, 7) is 7.11. The molecule has 3 nitrogen and oxygen atoms in total. The predicted molar refractivity (Wildman–Crippen MR) is 86.1 cm³/mol. The Morgan fingerprint density at radius 1 is 1.35 bits per heavy atom. The minimum atomic E-state index is 0.250. The Labute approximate surface area is 126 Å². The first-order valence-electron chi connectivity index (χ1n) is 8.05. The van der Waals surface area contributed by atoms with Gasteiger partial charge in [0, 0.05) is 31.7 Å². The van der Waals surface area contributed by atoms with Gasteiger partial charge in [0.05, 0.1) is 6.04 Å². The van der Waals surface area contributed by atoms with Crippen LogP contribution in [-0.4, -0.2) is 48.1 Å². The molecular weight excluding hydrogens is 266 g/mol. The minimum absolute atomic E-state index is 0.250. The standard InChI is InChI=1S/C16H27N3S/c1-2-15(17)16(13-6-10-20-12-13)19-9-8-18-7-4-3-5-14(18)11-19/h6,10,12,14-16H,2-5,7-9,11,17H2,1H3. The van der Waals surface area contributed by atoms with E-state index in [0.29, 0.717) is 6.04 Å². The van der Waals surface area contributed by atoms with Crippen LogP contribution in [0.15, 0.2) is 16.8 Å². The van der Waals surface area contributed by atoms with Crippen molar-refractivity contribution >= 4 is 11.3 Å². The molecule has 0 bridgehead atoms. The molecule has 112 valence electrons. The van der Waals surface area contributed by atoms with Crippen molar-refractivity contribution in [2.75, 3.05) is 26.2 Å². The van der Waals surface area contributed by atoms with E-state index < -0.39 is 0 Å². The lowest BCUT2D eigenvalue weighted by atomic mass is 9.94. The lowest BCUT2D eigenvalue weighted by Gasteiger charge is -2.47. The van der Waals surface area contributed by atoms with E-state index in [1.165, 1.54) is 51.0 Å². The molecule has 0 amide bonds. The monoisotopic (exact) mass is 293 g/mol. The fraction of sp³-hybridized carbons (Fsp3) is 0.750. The molecule has 0 aromatic carbocycles. The van der Waals surface area contributed by atoms with Gasteiger partial charge in [-0.15, -0.1) is 0 Å². The minimum Gasteiger partial charge on any atom is -0.326 e. The molecule has 3 rings (SSSR count). The highest BCUT2D eigenvalue weighted by Crippen LogP contribution is 2.31. The summed E-state index contributed by atoms with van der Waals surface area (Å²) in [7, 11) is 0. The van der Waals surface area contributed by atoms with Gasteiger partial charge >= 0.3 is 0 Å². The van der Waals surface area contributed by atoms with Gasteiger partial charge in [0.15, 0.2) is 0 Å². The fourth-order valence-electron chi connectivity index (χ4n) is 3.83. The summed E-state index contributed by atoms with van der Waals surface area (Å²) in [6.07, 6.45) is 5.20. The molecule has 1 aromatic heterocycles. The Bertz CT molecular complexity index is 406. The highest BCUT2D eigenvalue weighted by Gasteiger charge is 2.34. The summed E-state index contributed by atoms with van der Waals surface area (Å²) in [5.41, 5.74) is 7.88. The van der Waals surface area contributed by atoms with Crippen LogP contribution in [0.4, 0.5) is 0 Å². The molecule has 3 unspecified atom stereocenters. The van der Waals surface area contributed by atoms with E-state index in [0.717, 1.165) is 12.5 Å². The van der Waals surface area contributed by atoms with Crippen molar-refractivity contribution in [3.8, 4) is 0 Å². The molecule has 20 heavy (non-hydrogen) atoms. The van der Waals surface area contributed by atoms with Gasteiger partial charge in [-0.05, 0) is 48.2 Å². The smallest absolute Gasteiger partial charge is 0.0508 e. The molecule has 4 heteroatoms. The second kappa shape index (κ2) is 6.56. The van der Waals surface area contributed by atoms with E-state index in [4.69, 9.17) is 5.73 Å². The normalized spacial score (nSPS) is 28.0. The predicted octanol–water partition coefficient (Wildman–Crippen LogP) is 2.70. The van der Waals surface area contributed by atoms with Crippen LogP contribution in [0.1, 0.15) is 44.2 Å². The van der Waals surface area contributed by atoms with Crippen LogP contribution in [0.25, 0.3) is 0 Å². The number of thiophene rings is 1. The van der Waals surface area contributed by atoms with Gasteiger partial charge in [0.1, 0.15) is 0 Å². The average Bonchev–Trinajstić information content (AvgIpc) is 3.01. The number of nitrogens with two attached hydrogens (primary N) is 1. The van der Waals surface area contributed by atoms with E-state index in [9.17, 15) is 0 Å². The zero-order valence-corrected chi connectivity index (χ0v) is 13.3. The third kappa shape index (κ3) is 2.93. The first-order valence-corrected chi connectivity index (χ1v) is 8.99. The van der Waals surface area contributed by atoms with Crippen molar-refractivity contribution in [3.63, 3.8) is 0 Å². The average molecular weight is 293 g/mol. The van der Waals surface area contributed by atoms with Crippen LogP contribution in [0, 0.1) is 0 Å². The molecule has 2 aliphatic heterocycles. The lowest BCUT2D eigenvalue weighted by molar-refractivity contribution is 0.0204. The zero-order chi connectivity index (χ0) is 13.9. The number of piperazine rings is 1. The van der Waals surface area contributed by atoms with Gasteiger partial charge in [-0.25, -0.2) is 0 Å². The molecule has 0 saturated carbocycles. The van der Waals surface area contributed by atoms with Crippen LogP contribution in [0.3, 0.4) is 0 Å². The molecule has 3 atom stereocenters. The van der Waals surface area contributed by atoms with Gasteiger partial charge in [0.25, 0.3) is 0 Å². The fourth-order valence-corrected chi connectivity index (χ4v) is 4.52. The molecule has 1 aromatic rings. The maximum atomic E-state index is 6.46. The zero-order valence-electron chi connectivity index (χ0n) is 12.5. The van der Waals surface area contributed by atoms with Crippen molar-refractivity contribution in [2.24, 2.45) is 5.73 Å². The second-order valence-corrected chi connectivity index (χ2v) is 7.03. The lowest BCUT2D eigenvalue weighted by Crippen LogP contribution is -2.57. The number of rotatable bonds is 4. The van der Waals surface area contributed by atoms with Gasteiger partial charge in [-0.2, -0.15) is 11.3 Å². The van der Waals surface area contributed by atoms with Crippen LogP contribution in [-0.2, 0) is 0 Å². The quantitative estimate of drug-likeness (QED) is 0.926. The van der Waals surface area contributed by atoms with Crippen LogP contribution in [0.5, 0.6) is 0 Å². The van der Waals surface area contributed by atoms with Crippen LogP contribution >= 0.6 is 11.3 Å². The summed E-state index contributed by atoms with van der Waals surface area (Å²) >= 11 is 1.79. The SMILES string of the molecule is CCC(N)C(c1ccsc1)N1CCN2CCCCC2C1. The van der Waals surface area contributed by atoms with Gasteiger partial charge in [0.2, 0.25) is 0 Å². The Kier molecular flexibility index (Phi) is 4.76. The summed E-state index contributed by atoms with van der Waals surface area (Å²) in [6, 6.07) is 3.69. The Hall–Kier alpha value is -0.420. The molecule has 2 aliphatic rings. The van der Waals surface area contributed by atoms with Crippen molar-refractivity contribution in [1.29, 1.82) is 0 Å². The largest absolute Gasteiger partial charge is 0.326 e. The molecule has 2 saturated heterocycles. The number of hydrogen-bond donors (Lipinski definition) is 1. The number of nitrogens with zero attached hydrogens (tertiary/aromatic N) is 2. The first kappa shape index (κ1) is 14.5. The van der Waals surface area contributed by atoms with Gasteiger partial charge in [-0.1, -0.05) is 13.3 Å².